The number of ketones is 1. The SMILES string of the molecule is C[C@H](COCc1ccccc1)CC(=O)C[C@H]1CC[C@H]([C@H](O[Si](C)(C)C(C)(C)C)[C@H]2COC(C)(C)O2)O1. The van der Waals surface area contributed by atoms with Crippen LogP contribution in [-0.2, 0) is 34.8 Å². The Hall–Kier alpha value is -1.09. The van der Waals surface area contributed by atoms with E-state index in [9.17, 15) is 4.79 Å². The van der Waals surface area contributed by atoms with E-state index in [0.717, 1.165) is 18.4 Å². The first kappa shape index (κ1) is 29.5. The van der Waals surface area contributed by atoms with Gasteiger partial charge >= 0.3 is 0 Å². The van der Waals surface area contributed by atoms with Crippen LogP contribution in [0.15, 0.2) is 30.3 Å². The molecule has 204 valence electrons. The second-order valence-electron chi connectivity index (χ2n) is 12.6. The van der Waals surface area contributed by atoms with Crippen molar-refractivity contribution in [2.45, 2.75) is 122 Å². The lowest BCUT2D eigenvalue weighted by molar-refractivity contribution is -0.161. The maximum Gasteiger partial charge on any atom is 0.192 e. The van der Waals surface area contributed by atoms with E-state index >= 15 is 0 Å². The van der Waals surface area contributed by atoms with Gasteiger partial charge in [-0.1, -0.05) is 58.0 Å². The number of benzene rings is 1. The van der Waals surface area contributed by atoms with Gasteiger partial charge in [0.2, 0.25) is 0 Å². The van der Waals surface area contributed by atoms with Crippen LogP contribution in [0.25, 0.3) is 0 Å². The van der Waals surface area contributed by atoms with E-state index in [0.29, 0.717) is 32.7 Å². The van der Waals surface area contributed by atoms with Crippen molar-refractivity contribution in [2.24, 2.45) is 5.92 Å². The van der Waals surface area contributed by atoms with E-state index in [1.807, 2.05) is 32.0 Å². The van der Waals surface area contributed by atoms with E-state index in [4.69, 9.17) is 23.4 Å². The van der Waals surface area contributed by atoms with E-state index in [1.54, 1.807) is 0 Å². The van der Waals surface area contributed by atoms with Gasteiger partial charge in [0.05, 0.1) is 31.5 Å². The molecule has 36 heavy (non-hydrogen) atoms. The molecule has 0 bridgehead atoms. The summed E-state index contributed by atoms with van der Waals surface area (Å²) in [7, 11) is -2.06. The third-order valence-electron chi connectivity index (χ3n) is 7.69. The predicted octanol–water partition coefficient (Wildman–Crippen LogP) is 6.28. The molecule has 7 heteroatoms. The van der Waals surface area contributed by atoms with E-state index < -0.39 is 14.1 Å². The molecule has 1 aromatic carbocycles. The van der Waals surface area contributed by atoms with Crippen molar-refractivity contribution in [3.63, 3.8) is 0 Å². The lowest BCUT2D eigenvalue weighted by Crippen LogP contribution is -2.52. The van der Waals surface area contributed by atoms with Crippen LogP contribution in [0, 0.1) is 5.92 Å². The second-order valence-corrected chi connectivity index (χ2v) is 17.4. The predicted molar refractivity (Wildman–Crippen MR) is 144 cm³/mol. The van der Waals surface area contributed by atoms with Crippen molar-refractivity contribution in [2.75, 3.05) is 13.2 Å². The van der Waals surface area contributed by atoms with Gasteiger partial charge in [-0.3, -0.25) is 4.79 Å². The number of carbonyl (C=O) groups excluding carboxylic acids is 1. The molecule has 0 unspecified atom stereocenters. The molecule has 0 radical (unpaired) electrons. The van der Waals surface area contributed by atoms with E-state index in [1.165, 1.54) is 0 Å². The second kappa shape index (κ2) is 12.2. The zero-order valence-electron chi connectivity index (χ0n) is 23.7. The van der Waals surface area contributed by atoms with Crippen LogP contribution in [0.4, 0.5) is 0 Å². The number of rotatable bonds is 12. The summed E-state index contributed by atoms with van der Waals surface area (Å²) in [6.45, 7) is 18.9. The van der Waals surface area contributed by atoms with Crippen molar-refractivity contribution in [3.05, 3.63) is 35.9 Å². The maximum atomic E-state index is 12.8. The third-order valence-corrected chi connectivity index (χ3v) is 12.2. The Morgan fingerprint density at radius 2 is 1.83 bits per heavy atom. The van der Waals surface area contributed by atoms with Crippen LogP contribution >= 0.6 is 0 Å². The van der Waals surface area contributed by atoms with E-state index in [2.05, 4.69) is 52.9 Å². The van der Waals surface area contributed by atoms with Gasteiger partial charge in [-0.2, -0.15) is 0 Å². The fourth-order valence-corrected chi connectivity index (χ4v) is 5.99. The Morgan fingerprint density at radius 3 is 2.44 bits per heavy atom. The molecule has 2 aliphatic heterocycles. The van der Waals surface area contributed by atoms with Crippen LogP contribution in [0.1, 0.15) is 72.8 Å². The largest absolute Gasteiger partial charge is 0.409 e. The number of hydrogen-bond donors (Lipinski definition) is 0. The first-order chi connectivity index (χ1) is 16.8. The van der Waals surface area contributed by atoms with Crippen molar-refractivity contribution < 1.29 is 28.2 Å². The highest BCUT2D eigenvalue weighted by molar-refractivity contribution is 6.74. The quantitative estimate of drug-likeness (QED) is 0.302. The van der Waals surface area contributed by atoms with Crippen molar-refractivity contribution >= 4 is 14.1 Å². The number of carbonyl (C=O) groups is 1. The minimum absolute atomic E-state index is 0.0687. The summed E-state index contributed by atoms with van der Waals surface area (Å²) in [4.78, 5) is 12.8. The minimum Gasteiger partial charge on any atom is -0.409 e. The molecule has 0 aliphatic carbocycles. The first-order valence-electron chi connectivity index (χ1n) is 13.5. The Morgan fingerprint density at radius 1 is 1.14 bits per heavy atom. The molecule has 2 saturated heterocycles. The molecule has 0 saturated carbocycles. The summed E-state index contributed by atoms with van der Waals surface area (Å²) >= 11 is 0. The first-order valence-corrected chi connectivity index (χ1v) is 16.4. The Labute approximate surface area is 219 Å². The number of Topliss-reactive ketones (excluding diaryl/α,β-unsaturated/α-hetero) is 1. The molecular weight excluding hydrogens is 472 g/mol. The van der Waals surface area contributed by atoms with Crippen molar-refractivity contribution in [3.8, 4) is 0 Å². The molecule has 6 nitrogen and oxygen atoms in total. The summed E-state index contributed by atoms with van der Waals surface area (Å²) in [6, 6.07) is 10.1. The van der Waals surface area contributed by atoms with Crippen LogP contribution < -0.4 is 0 Å². The normalized spacial score (nSPS) is 26.2. The molecule has 1 aromatic rings. The zero-order chi connectivity index (χ0) is 26.6. The van der Waals surface area contributed by atoms with Crippen molar-refractivity contribution in [1.82, 2.24) is 0 Å². The molecule has 0 amide bonds. The lowest BCUT2D eigenvalue weighted by atomic mass is 10.00. The van der Waals surface area contributed by atoms with Crippen LogP contribution in [0.2, 0.25) is 18.1 Å². The average Bonchev–Trinajstić information content (AvgIpc) is 3.37. The minimum atomic E-state index is -2.06. The molecule has 0 spiro atoms. The molecule has 2 fully saturated rings. The Balaban J connectivity index is 1.51. The summed E-state index contributed by atoms with van der Waals surface area (Å²) in [5, 5.41) is 0.0763. The van der Waals surface area contributed by atoms with Gasteiger partial charge in [-0.25, -0.2) is 0 Å². The fraction of sp³-hybridized carbons (Fsp3) is 0.759. The number of hydrogen-bond acceptors (Lipinski definition) is 6. The smallest absolute Gasteiger partial charge is 0.192 e. The Kier molecular flexibility index (Phi) is 9.97. The molecular formula is C29H48O6Si. The van der Waals surface area contributed by atoms with Gasteiger partial charge in [0.1, 0.15) is 11.9 Å². The third kappa shape index (κ3) is 8.47. The van der Waals surface area contributed by atoms with Gasteiger partial charge in [0.25, 0.3) is 0 Å². The Bertz CT molecular complexity index is 834. The van der Waals surface area contributed by atoms with Gasteiger partial charge < -0.3 is 23.4 Å². The van der Waals surface area contributed by atoms with Crippen LogP contribution in [0.3, 0.4) is 0 Å². The van der Waals surface area contributed by atoms with E-state index in [-0.39, 0.29) is 41.2 Å². The highest BCUT2D eigenvalue weighted by atomic mass is 28.4. The van der Waals surface area contributed by atoms with Gasteiger partial charge in [0, 0.05) is 19.4 Å². The molecule has 5 atom stereocenters. The standard InChI is InChI=1S/C29H48O6Si/c1-21(18-31-19-22-12-10-9-11-13-22)16-23(30)17-24-14-15-25(33-24)27(26-20-32-29(5,6)34-26)35-36(7,8)28(2,3)4/h9-13,21,24-27H,14-20H2,1-8H3/t21-,24+,25+,26+,27-/m0/s1. The summed E-state index contributed by atoms with van der Waals surface area (Å²) in [5.74, 6) is -0.203. The lowest BCUT2D eigenvalue weighted by Gasteiger charge is -2.42. The van der Waals surface area contributed by atoms with Crippen LogP contribution in [-0.4, -0.2) is 57.5 Å². The topological polar surface area (TPSA) is 63.2 Å². The zero-order valence-corrected chi connectivity index (χ0v) is 24.7. The summed E-state index contributed by atoms with van der Waals surface area (Å²) < 4.78 is 31.3. The molecule has 2 aliphatic rings. The van der Waals surface area contributed by atoms with Gasteiger partial charge in [-0.15, -0.1) is 0 Å². The maximum absolute atomic E-state index is 12.8. The molecule has 0 aromatic heterocycles. The number of ether oxygens (including phenoxy) is 4. The molecule has 3 rings (SSSR count). The molecule has 0 N–H and O–H groups in total. The summed E-state index contributed by atoms with van der Waals surface area (Å²) in [6.07, 6.45) is 2.16. The molecule has 2 heterocycles. The monoisotopic (exact) mass is 520 g/mol. The fourth-order valence-electron chi connectivity index (χ4n) is 4.65. The van der Waals surface area contributed by atoms with Crippen molar-refractivity contribution in [1.29, 1.82) is 0 Å². The average molecular weight is 521 g/mol. The van der Waals surface area contributed by atoms with Gasteiger partial charge in [0.15, 0.2) is 14.1 Å². The highest BCUT2D eigenvalue weighted by Crippen LogP contribution is 2.41. The van der Waals surface area contributed by atoms with Gasteiger partial charge in [-0.05, 0) is 56.3 Å². The highest BCUT2D eigenvalue weighted by Gasteiger charge is 2.48. The summed E-state index contributed by atoms with van der Waals surface area (Å²) in [5.41, 5.74) is 1.15. The van der Waals surface area contributed by atoms with Crippen LogP contribution in [0.5, 0.6) is 0 Å².